The molecule has 1 unspecified atom stereocenters. The van der Waals surface area contributed by atoms with E-state index in [1.54, 1.807) is 0 Å². The number of ether oxygens (including phenoxy) is 2. The standard InChI is InChI=1S/C18H38O7S.H2O/c1-2-3-4-5-6-7-8-9-10-11-12-18(25-26(20,21)22)17-24-16-15-23-14-13-19;/h18-19H,2-17H2,1H3,(H,20,21,22);1H2. The van der Waals surface area contributed by atoms with Crippen molar-refractivity contribution in [1.29, 1.82) is 0 Å². The first-order valence-corrected chi connectivity index (χ1v) is 11.3. The minimum absolute atomic E-state index is 0. The molecular formula is C18H40O8S. The summed E-state index contributed by atoms with van der Waals surface area (Å²) in [5, 5.41) is 8.58. The second-order valence-corrected chi connectivity index (χ2v) is 7.58. The summed E-state index contributed by atoms with van der Waals surface area (Å²) in [7, 11) is -4.48. The molecule has 27 heavy (non-hydrogen) atoms. The first kappa shape index (κ1) is 28.9. The molecule has 166 valence electrons. The van der Waals surface area contributed by atoms with Gasteiger partial charge in [0.25, 0.3) is 0 Å². The summed E-state index contributed by atoms with van der Waals surface area (Å²) in [6.07, 6.45) is 11.8. The quantitative estimate of drug-likeness (QED) is 0.230. The van der Waals surface area contributed by atoms with Crippen molar-refractivity contribution in [2.75, 3.05) is 33.0 Å². The summed E-state index contributed by atoms with van der Waals surface area (Å²) in [5.41, 5.74) is 0. The molecule has 4 N–H and O–H groups in total. The van der Waals surface area contributed by atoms with E-state index in [1.165, 1.54) is 44.9 Å². The fourth-order valence-corrected chi connectivity index (χ4v) is 3.19. The molecule has 0 radical (unpaired) electrons. The maximum atomic E-state index is 10.9. The van der Waals surface area contributed by atoms with Crippen LogP contribution in [0.5, 0.6) is 0 Å². The minimum Gasteiger partial charge on any atom is -0.412 e. The molecule has 0 aliphatic carbocycles. The lowest BCUT2D eigenvalue weighted by atomic mass is 10.0. The summed E-state index contributed by atoms with van der Waals surface area (Å²) in [5.74, 6) is 0. The van der Waals surface area contributed by atoms with E-state index < -0.39 is 16.5 Å². The molecule has 0 bridgehead atoms. The van der Waals surface area contributed by atoms with Crippen LogP contribution in [-0.2, 0) is 24.1 Å². The number of hydrogen-bond donors (Lipinski definition) is 2. The predicted octanol–water partition coefficient (Wildman–Crippen LogP) is 2.69. The molecule has 0 aromatic heterocycles. The Bertz CT molecular complexity index is 389. The summed E-state index contributed by atoms with van der Waals surface area (Å²) < 4.78 is 45.8. The topological polar surface area (TPSA) is 134 Å². The Kier molecular flexibility index (Phi) is 21.9. The van der Waals surface area contributed by atoms with Gasteiger partial charge in [-0.1, -0.05) is 71.1 Å². The van der Waals surface area contributed by atoms with Crippen LogP contribution in [0, 0.1) is 0 Å². The zero-order chi connectivity index (χ0) is 19.5. The molecular weight excluding hydrogens is 376 g/mol. The van der Waals surface area contributed by atoms with Crippen LogP contribution in [0.1, 0.15) is 77.6 Å². The highest BCUT2D eigenvalue weighted by Crippen LogP contribution is 2.14. The Morgan fingerprint density at radius 2 is 1.33 bits per heavy atom. The van der Waals surface area contributed by atoms with Crippen LogP contribution in [-0.4, -0.2) is 62.7 Å². The van der Waals surface area contributed by atoms with E-state index in [4.69, 9.17) is 19.1 Å². The van der Waals surface area contributed by atoms with Gasteiger partial charge in [-0.3, -0.25) is 4.55 Å². The molecule has 0 aliphatic rings. The highest BCUT2D eigenvalue weighted by Gasteiger charge is 2.17. The lowest BCUT2D eigenvalue weighted by Gasteiger charge is -2.15. The molecule has 0 saturated heterocycles. The van der Waals surface area contributed by atoms with Gasteiger partial charge in [0.05, 0.1) is 33.0 Å². The Labute approximate surface area is 164 Å². The third-order valence-electron chi connectivity index (χ3n) is 4.05. The van der Waals surface area contributed by atoms with Gasteiger partial charge in [-0.05, 0) is 6.42 Å². The lowest BCUT2D eigenvalue weighted by Crippen LogP contribution is -2.24. The fraction of sp³-hybridized carbons (Fsp3) is 1.00. The Hall–Kier alpha value is -0.290. The Morgan fingerprint density at radius 1 is 0.815 bits per heavy atom. The molecule has 9 heteroatoms. The van der Waals surface area contributed by atoms with Crippen LogP contribution in [0.25, 0.3) is 0 Å². The summed E-state index contributed by atoms with van der Waals surface area (Å²) >= 11 is 0. The van der Waals surface area contributed by atoms with Gasteiger partial charge in [-0.15, -0.1) is 0 Å². The molecule has 0 rings (SSSR count). The van der Waals surface area contributed by atoms with Gasteiger partial charge in [-0.25, -0.2) is 4.18 Å². The number of unbranched alkanes of at least 4 members (excludes halogenated alkanes) is 9. The average molecular weight is 417 g/mol. The Morgan fingerprint density at radius 3 is 1.85 bits per heavy atom. The maximum Gasteiger partial charge on any atom is 0.397 e. The number of aliphatic hydroxyl groups is 1. The van der Waals surface area contributed by atoms with Gasteiger partial charge in [0.1, 0.15) is 6.10 Å². The van der Waals surface area contributed by atoms with Crippen molar-refractivity contribution < 1.29 is 37.2 Å². The molecule has 8 nitrogen and oxygen atoms in total. The van der Waals surface area contributed by atoms with Gasteiger partial charge < -0.3 is 20.1 Å². The predicted molar refractivity (Wildman–Crippen MR) is 105 cm³/mol. The van der Waals surface area contributed by atoms with E-state index in [1.807, 2.05) is 0 Å². The van der Waals surface area contributed by atoms with Crippen molar-refractivity contribution in [1.82, 2.24) is 0 Å². The van der Waals surface area contributed by atoms with Gasteiger partial charge in [0.15, 0.2) is 0 Å². The minimum atomic E-state index is -4.48. The van der Waals surface area contributed by atoms with Crippen molar-refractivity contribution in [3.05, 3.63) is 0 Å². The van der Waals surface area contributed by atoms with E-state index in [-0.39, 0.29) is 31.9 Å². The van der Waals surface area contributed by atoms with Crippen molar-refractivity contribution in [2.45, 2.75) is 83.7 Å². The van der Waals surface area contributed by atoms with Crippen LogP contribution in [0.15, 0.2) is 0 Å². The number of rotatable bonds is 20. The van der Waals surface area contributed by atoms with E-state index in [9.17, 15) is 8.42 Å². The molecule has 0 amide bonds. The van der Waals surface area contributed by atoms with E-state index >= 15 is 0 Å². The van der Waals surface area contributed by atoms with Gasteiger partial charge >= 0.3 is 10.4 Å². The lowest BCUT2D eigenvalue weighted by molar-refractivity contribution is 0.00140. The first-order valence-electron chi connectivity index (χ1n) is 9.91. The van der Waals surface area contributed by atoms with Crippen molar-refractivity contribution >= 4 is 10.4 Å². The molecule has 0 aromatic rings. The van der Waals surface area contributed by atoms with Gasteiger partial charge in [0, 0.05) is 0 Å². The van der Waals surface area contributed by atoms with E-state index in [0.29, 0.717) is 13.0 Å². The monoisotopic (exact) mass is 416 g/mol. The molecule has 0 heterocycles. The molecule has 0 aromatic carbocycles. The number of aliphatic hydroxyl groups excluding tert-OH is 1. The Balaban J connectivity index is 0. The molecule has 0 fully saturated rings. The maximum absolute atomic E-state index is 10.9. The van der Waals surface area contributed by atoms with Crippen LogP contribution in [0.4, 0.5) is 0 Å². The normalized spacial score (nSPS) is 12.7. The molecule has 0 spiro atoms. The fourth-order valence-electron chi connectivity index (χ4n) is 2.69. The smallest absolute Gasteiger partial charge is 0.397 e. The van der Waals surface area contributed by atoms with Crippen LogP contribution >= 0.6 is 0 Å². The van der Waals surface area contributed by atoms with Gasteiger partial charge in [0.2, 0.25) is 0 Å². The third-order valence-corrected chi connectivity index (χ3v) is 4.56. The van der Waals surface area contributed by atoms with Crippen LogP contribution in [0.3, 0.4) is 0 Å². The summed E-state index contributed by atoms with van der Waals surface area (Å²) in [4.78, 5) is 0. The zero-order valence-electron chi connectivity index (χ0n) is 16.7. The van der Waals surface area contributed by atoms with Crippen molar-refractivity contribution in [3.63, 3.8) is 0 Å². The van der Waals surface area contributed by atoms with Gasteiger partial charge in [-0.2, -0.15) is 8.42 Å². The second-order valence-electron chi connectivity index (χ2n) is 6.53. The summed E-state index contributed by atoms with van der Waals surface area (Å²) in [6, 6.07) is 0. The van der Waals surface area contributed by atoms with Crippen LogP contribution in [0.2, 0.25) is 0 Å². The third kappa shape index (κ3) is 23.7. The first-order chi connectivity index (χ1) is 12.5. The van der Waals surface area contributed by atoms with Crippen molar-refractivity contribution in [2.24, 2.45) is 0 Å². The summed E-state index contributed by atoms with van der Waals surface area (Å²) in [6.45, 7) is 3.09. The SMILES string of the molecule is CCCCCCCCCCCCC(COCCOCCO)OS(=O)(=O)O.O. The molecule has 0 aliphatic heterocycles. The average Bonchev–Trinajstić information content (AvgIpc) is 2.58. The van der Waals surface area contributed by atoms with E-state index in [2.05, 4.69) is 11.1 Å². The van der Waals surface area contributed by atoms with Crippen molar-refractivity contribution in [3.8, 4) is 0 Å². The second kappa shape index (κ2) is 20.4. The zero-order valence-corrected chi connectivity index (χ0v) is 17.6. The molecule has 0 saturated carbocycles. The molecule has 1 atom stereocenters. The number of hydrogen-bond acceptors (Lipinski definition) is 6. The van der Waals surface area contributed by atoms with Crippen LogP contribution < -0.4 is 0 Å². The highest BCUT2D eigenvalue weighted by molar-refractivity contribution is 7.80. The highest BCUT2D eigenvalue weighted by atomic mass is 32.3. The largest absolute Gasteiger partial charge is 0.412 e. The van der Waals surface area contributed by atoms with E-state index in [0.717, 1.165) is 19.3 Å².